The highest BCUT2D eigenvalue weighted by atomic mass is 16.3. The first-order chi connectivity index (χ1) is 14.3. The van der Waals surface area contributed by atoms with Gasteiger partial charge in [-0.2, -0.15) is 0 Å². The first kappa shape index (κ1) is 18.8. The molecule has 1 heteroatoms. The number of benzene rings is 4. The van der Waals surface area contributed by atoms with E-state index in [4.69, 9.17) is 4.42 Å². The number of hydrogen-bond donors (Lipinski definition) is 0. The zero-order valence-electron chi connectivity index (χ0n) is 18.3. The second-order valence-corrected chi connectivity index (χ2v) is 9.37. The van der Waals surface area contributed by atoms with Crippen molar-refractivity contribution in [2.24, 2.45) is 0 Å². The van der Waals surface area contributed by atoms with Crippen LogP contribution in [0.25, 0.3) is 43.8 Å². The predicted molar refractivity (Wildman–Crippen MR) is 129 cm³/mol. The second-order valence-electron chi connectivity index (χ2n) is 9.37. The largest absolute Gasteiger partial charge is 0.369 e. The molecule has 5 rings (SSSR count). The third kappa shape index (κ3) is 2.89. The summed E-state index contributed by atoms with van der Waals surface area (Å²) in [6.07, 6.45) is 0. The van der Waals surface area contributed by atoms with E-state index in [1.54, 1.807) is 0 Å². The van der Waals surface area contributed by atoms with Gasteiger partial charge < -0.3 is 0 Å². The van der Waals surface area contributed by atoms with Crippen LogP contribution in [0.5, 0.6) is 0 Å². The molecular formula is C29H27O+. The fourth-order valence-electron chi connectivity index (χ4n) is 4.56. The molecule has 30 heavy (non-hydrogen) atoms. The molecule has 0 aliphatic carbocycles. The number of aryl methyl sites for hydroxylation is 2. The summed E-state index contributed by atoms with van der Waals surface area (Å²) in [5.41, 5.74) is 8.45. The van der Waals surface area contributed by atoms with E-state index in [-0.39, 0.29) is 5.41 Å². The molecular weight excluding hydrogens is 364 g/mol. The predicted octanol–water partition coefficient (Wildman–Crippen LogP) is 8.60. The van der Waals surface area contributed by atoms with Crippen molar-refractivity contribution in [1.29, 1.82) is 0 Å². The molecule has 4 aromatic carbocycles. The maximum absolute atomic E-state index is 6.57. The Hall–Kier alpha value is -3.19. The van der Waals surface area contributed by atoms with Gasteiger partial charge in [-0.1, -0.05) is 63.2 Å². The molecule has 0 fully saturated rings. The summed E-state index contributed by atoms with van der Waals surface area (Å²) in [6, 6.07) is 26.1. The lowest BCUT2D eigenvalue weighted by Gasteiger charge is -2.19. The lowest BCUT2D eigenvalue weighted by Crippen LogP contribution is -2.10. The van der Waals surface area contributed by atoms with E-state index in [0.717, 1.165) is 16.6 Å². The van der Waals surface area contributed by atoms with Gasteiger partial charge in [0.25, 0.3) is 0 Å². The maximum atomic E-state index is 6.57. The van der Waals surface area contributed by atoms with Crippen LogP contribution in [0, 0.1) is 13.8 Å². The molecule has 1 nitrogen and oxygen atoms in total. The summed E-state index contributed by atoms with van der Waals surface area (Å²) in [7, 11) is 0. The molecule has 0 amide bonds. The summed E-state index contributed by atoms with van der Waals surface area (Å²) in [5.74, 6) is 0. The van der Waals surface area contributed by atoms with Crippen LogP contribution in [-0.4, -0.2) is 0 Å². The van der Waals surface area contributed by atoms with Gasteiger partial charge in [-0.05, 0) is 71.2 Å². The van der Waals surface area contributed by atoms with Crippen LogP contribution in [0.2, 0.25) is 0 Å². The van der Waals surface area contributed by atoms with Crippen molar-refractivity contribution in [3.8, 4) is 11.1 Å². The Morgan fingerprint density at radius 1 is 0.633 bits per heavy atom. The molecule has 5 aromatic rings. The molecule has 0 saturated carbocycles. The molecule has 0 atom stereocenters. The van der Waals surface area contributed by atoms with E-state index in [1.165, 1.54) is 44.0 Å². The first-order valence-corrected chi connectivity index (χ1v) is 10.6. The topological polar surface area (TPSA) is 11.3 Å². The molecule has 0 bridgehead atoms. The van der Waals surface area contributed by atoms with Crippen LogP contribution in [-0.2, 0) is 5.41 Å². The molecule has 0 spiro atoms. The van der Waals surface area contributed by atoms with E-state index >= 15 is 0 Å². The SMILES string of the molecule is Cc1cccc(C)c1-c1c2cc(C(C)(C)C)ccc2[o+]c2c1ccc1ccccc12. The Labute approximate surface area is 178 Å². The zero-order chi connectivity index (χ0) is 21.0. The third-order valence-electron chi connectivity index (χ3n) is 6.21. The van der Waals surface area contributed by atoms with E-state index in [9.17, 15) is 0 Å². The average molecular weight is 392 g/mol. The minimum atomic E-state index is 0.0740. The van der Waals surface area contributed by atoms with Crippen LogP contribution < -0.4 is 0 Å². The highest BCUT2D eigenvalue weighted by Gasteiger charge is 2.26. The molecule has 0 radical (unpaired) electrons. The fraction of sp³-hybridized carbons (Fsp3) is 0.207. The van der Waals surface area contributed by atoms with Crippen molar-refractivity contribution in [1.82, 2.24) is 0 Å². The highest BCUT2D eigenvalue weighted by molar-refractivity contribution is 6.16. The van der Waals surface area contributed by atoms with Crippen LogP contribution in [0.15, 0.2) is 77.2 Å². The molecule has 0 N–H and O–H groups in total. The Bertz CT molecular complexity index is 1410. The maximum Gasteiger partial charge on any atom is 0.369 e. The molecule has 0 aliphatic rings. The van der Waals surface area contributed by atoms with Crippen molar-refractivity contribution in [3.05, 3.63) is 89.5 Å². The van der Waals surface area contributed by atoms with E-state index in [1.807, 2.05) is 0 Å². The minimum Gasteiger partial charge on any atom is -0.206 e. The van der Waals surface area contributed by atoms with E-state index in [0.29, 0.717) is 0 Å². The Kier molecular flexibility index (Phi) is 4.18. The Balaban J connectivity index is 2.04. The smallest absolute Gasteiger partial charge is 0.206 e. The number of rotatable bonds is 1. The van der Waals surface area contributed by atoms with Crippen molar-refractivity contribution >= 4 is 32.7 Å². The second kappa shape index (κ2) is 6.67. The molecule has 0 saturated heterocycles. The van der Waals surface area contributed by atoms with Crippen LogP contribution in [0.1, 0.15) is 37.5 Å². The average Bonchev–Trinajstić information content (AvgIpc) is 2.72. The lowest BCUT2D eigenvalue weighted by molar-refractivity contribution is 0.590. The number of fused-ring (bicyclic) bond motifs is 4. The summed E-state index contributed by atoms with van der Waals surface area (Å²) in [4.78, 5) is 0. The molecule has 0 aliphatic heterocycles. The first-order valence-electron chi connectivity index (χ1n) is 10.6. The third-order valence-corrected chi connectivity index (χ3v) is 6.21. The van der Waals surface area contributed by atoms with Crippen LogP contribution >= 0.6 is 0 Å². The van der Waals surface area contributed by atoms with E-state index in [2.05, 4.69) is 107 Å². The van der Waals surface area contributed by atoms with Gasteiger partial charge in [0.2, 0.25) is 0 Å². The van der Waals surface area contributed by atoms with Gasteiger partial charge in [-0.3, -0.25) is 0 Å². The molecule has 148 valence electrons. The fourth-order valence-corrected chi connectivity index (χ4v) is 4.56. The quantitative estimate of drug-likeness (QED) is 0.158. The Morgan fingerprint density at radius 3 is 2.10 bits per heavy atom. The number of hydrogen-bond acceptors (Lipinski definition) is 0. The Morgan fingerprint density at radius 2 is 1.37 bits per heavy atom. The van der Waals surface area contributed by atoms with Gasteiger partial charge in [0.15, 0.2) is 0 Å². The summed E-state index contributed by atoms with van der Waals surface area (Å²) in [6.45, 7) is 11.2. The monoisotopic (exact) mass is 391 g/mol. The van der Waals surface area contributed by atoms with Gasteiger partial charge in [0.1, 0.15) is 0 Å². The highest BCUT2D eigenvalue weighted by Crippen LogP contribution is 2.42. The van der Waals surface area contributed by atoms with Crippen molar-refractivity contribution in [3.63, 3.8) is 0 Å². The molecule has 1 aromatic heterocycles. The van der Waals surface area contributed by atoms with Gasteiger partial charge in [0, 0.05) is 11.6 Å². The van der Waals surface area contributed by atoms with Crippen LogP contribution in [0.4, 0.5) is 0 Å². The summed E-state index contributed by atoms with van der Waals surface area (Å²) in [5, 5.41) is 4.71. The standard InChI is InChI=1S/C29H27O/c1-18-9-8-10-19(2)26(18)27-23-15-13-20-11-6-7-12-22(20)28(23)30-25-16-14-21(17-24(25)27)29(3,4)5/h6-17H,1-5H3/q+1. The van der Waals surface area contributed by atoms with Gasteiger partial charge in [0.05, 0.1) is 16.2 Å². The van der Waals surface area contributed by atoms with E-state index < -0.39 is 0 Å². The summed E-state index contributed by atoms with van der Waals surface area (Å²) >= 11 is 0. The van der Waals surface area contributed by atoms with Crippen molar-refractivity contribution in [2.75, 3.05) is 0 Å². The minimum absolute atomic E-state index is 0.0740. The van der Waals surface area contributed by atoms with Gasteiger partial charge >= 0.3 is 11.2 Å². The van der Waals surface area contributed by atoms with Gasteiger partial charge in [-0.25, -0.2) is 4.42 Å². The summed E-state index contributed by atoms with van der Waals surface area (Å²) < 4.78 is 6.57. The van der Waals surface area contributed by atoms with Crippen molar-refractivity contribution < 1.29 is 4.42 Å². The lowest BCUT2D eigenvalue weighted by atomic mass is 9.84. The van der Waals surface area contributed by atoms with Crippen molar-refractivity contribution in [2.45, 2.75) is 40.0 Å². The van der Waals surface area contributed by atoms with Crippen LogP contribution in [0.3, 0.4) is 0 Å². The molecule has 1 heterocycles. The molecule has 0 unspecified atom stereocenters. The van der Waals surface area contributed by atoms with Gasteiger partial charge in [-0.15, -0.1) is 0 Å². The zero-order valence-corrected chi connectivity index (χ0v) is 18.3. The normalized spacial score (nSPS) is 12.2.